The summed E-state index contributed by atoms with van der Waals surface area (Å²) in [5.74, 6) is -0.320. The zero-order valence-electron chi connectivity index (χ0n) is 16.3. The van der Waals surface area contributed by atoms with Gasteiger partial charge in [0.1, 0.15) is 11.8 Å². The number of nitriles is 1. The summed E-state index contributed by atoms with van der Waals surface area (Å²) >= 11 is 0. The maximum Gasteiger partial charge on any atom is 0.269 e. The number of benzene rings is 2. The average Bonchev–Trinajstić information content (AvgIpc) is 2.69. The minimum atomic E-state index is -0.886. The Labute approximate surface area is 168 Å². The van der Waals surface area contributed by atoms with E-state index in [1.54, 1.807) is 25.1 Å². The number of nitrogens with one attached hydrogen (secondary N) is 3. The molecular formula is C20H22N4O5. The fourth-order valence-electron chi connectivity index (χ4n) is 2.53. The molecule has 0 aliphatic carbocycles. The minimum absolute atomic E-state index is 0.0578. The number of phenols is 1. The fraction of sp³-hybridized carbons (Fsp3) is 0.250. The van der Waals surface area contributed by atoms with Crippen LogP contribution in [0.1, 0.15) is 35.8 Å². The molecule has 0 fully saturated rings. The van der Waals surface area contributed by atoms with Crippen molar-refractivity contribution in [2.75, 3.05) is 19.0 Å². The maximum absolute atomic E-state index is 12.6. The van der Waals surface area contributed by atoms with Gasteiger partial charge in [0, 0.05) is 18.7 Å². The van der Waals surface area contributed by atoms with E-state index in [1.165, 1.54) is 32.2 Å². The maximum atomic E-state index is 12.6. The average molecular weight is 398 g/mol. The Morgan fingerprint density at radius 2 is 1.97 bits per heavy atom. The molecule has 0 radical (unpaired) electrons. The van der Waals surface area contributed by atoms with Gasteiger partial charge in [-0.05, 0) is 36.8 Å². The van der Waals surface area contributed by atoms with Crippen molar-refractivity contribution in [3.8, 4) is 23.3 Å². The molecule has 1 atom stereocenters. The van der Waals surface area contributed by atoms with Gasteiger partial charge in [-0.2, -0.15) is 5.26 Å². The third-order valence-electron chi connectivity index (χ3n) is 3.84. The third kappa shape index (κ3) is 5.60. The van der Waals surface area contributed by atoms with E-state index in [0.29, 0.717) is 17.9 Å². The van der Waals surface area contributed by atoms with Crippen molar-refractivity contribution < 1.29 is 24.2 Å². The number of amides is 2. The topological polar surface area (TPSA) is 133 Å². The van der Waals surface area contributed by atoms with E-state index in [0.717, 1.165) is 0 Å². The van der Waals surface area contributed by atoms with E-state index in [1.807, 2.05) is 6.07 Å². The Morgan fingerprint density at radius 1 is 1.21 bits per heavy atom. The van der Waals surface area contributed by atoms with Crippen LogP contribution < -0.4 is 25.6 Å². The van der Waals surface area contributed by atoms with Gasteiger partial charge in [0.2, 0.25) is 5.91 Å². The quantitative estimate of drug-likeness (QED) is 0.501. The number of phenolic OH excluding ortho intramolecular Hbond substituents is 1. The summed E-state index contributed by atoms with van der Waals surface area (Å²) < 4.78 is 10.5. The van der Waals surface area contributed by atoms with Crippen molar-refractivity contribution in [3.05, 3.63) is 47.5 Å². The predicted molar refractivity (Wildman–Crippen MR) is 106 cm³/mol. The summed E-state index contributed by atoms with van der Waals surface area (Å²) in [6, 6.07) is 10.2. The van der Waals surface area contributed by atoms with Crippen molar-refractivity contribution in [2.24, 2.45) is 0 Å². The predicted octanol–water partition coefficient (Wildman–Crippen LogP) is 2.26. The van der Waals surface area contributed by atoms with Crippen molar-refractivity contribution >= 4 is 17.5 Å². The number of carbonyl (C=O) groups excluding carboxylic acids is 2. The molecular weight excluding hydrogens is 376 g/mol. The van der Waals surface area contributed by atoms with Crippen LogP contribution in [0.3, 0.4) is 0 Å². The molecule has 0 saturated heterocycles. The van der Waals surface area contributed by atoms with Gasteiger partial charge >= 0.3 is 0 Å². The molecule has 0 bridgehead atoms. The number of rotatable bonds is 8. The first-order valence-corrected chi connectivity index (χ1v) is 8.76. The van der Waals surface area contributed by atoms with Crippen LogP contribution in [0.15, 0.2) is 36.4 Å². The SMILES string of the molecule is CCOc1cc(NC(C)=O)ccc1C(=O)NN[C@H](C#N)c1ccc(O)c(OC)c1. The lowest BCUT2D eigenvalue weighted by atomic mass is 10.1. The number of carbonyl (C=O) groups is 2. The van der Waals surface area contributed by atoms with Gasteiger partial charge in [0.05, 0.1) is 25.3 Å². The number of hydrogen-bond donors (Lipinski definition) is 4. The third-order valence-corrected chi connectivity index (χ3v) is 3.84. The van der Waals surface area contributed by atoms with E-state index in [4.69, 9.17) is 9.47 Å². The van der Waals surface area contributed by atoms with Crippen LogP contribution in [-0.4, -0.2) is 30.6 Å². The molecule has 29 heavy (non-hydrogen) atoms. The molecule has 0 spiro atoms. The highest BCUT2D eigenvalue weighted by atomic mass is 16.5. The lowest BCUT2D eigenvalue weighted by molar-refractivity contribution is -0.114. The molecule has 0 aliphatic rings. The second-order valence-electron chi connectivity index (χ2n) is 5.92. The van der Waals surface area contributed by atoms with E-state index in [-0.39, 0.29) is 28.7 Å². The molecule has 2 aromatic rings. The standard InChI is InChI=1S/C20H22N4O5/c1-4-29-18-10-14(22-12(2)25)6-7-15(18)20(27)24-23-16(11-21)13-5-8-17(26)19(9-13)28-3/h5-10,16,23,26H,4H2,1-3H3,(H,22,25)(H,24,27)/t16-/m1/s1. The smallest absolute Gasteiger partial charge is 0.269 e. The van der Waals surface area contributed by atoms with Crippen LogP contribution in [-0.2, 0) is 4.79 Å². The lowest BCUT2D eigenvalue weighted by Crippen LogP contribution is -2.39. The van der Waals surface area contributed by atoms with Crippen molar-refractivity contribution in [2.45, 2.75) is 19.9 Å². The first-order valence-electron chi connectivity index (χ1n) is 8.76. The van der Waals surface area contributed by atoms with Gasteiger partial charge in [0.15, 0.2) is 11.5 Å². The Kier molecular flexibility index (Phi) is 7.40. The number of methoxy groups -OCH3 is 1. The van der Waals surface area contributed by atoms with Crippen molar-refractivity contribution in [3.63, 3.8) is 0 Å². The van der Waals surface area contributed by atoms with Gasteiger partial charge in [-0.25, -0.2) is 5.43 Å². The molecule has 2 aromatic carbocycles. The fourth-order valence-corrected chi connectivity index (χ4v) is 2.53. The Balaban J connectivity index is 2.16. The second kappa shape index (κ2) is 9.96. The van der Waals surface area contributed by atoms with E-state index in [2.05, 4.69) is 16.2 Å². The number of nitrogens with zero attached hydrogens (tertiary/aromatic N) is 1. The summed E-state index contributed by atoms with van der Waals surface area (Å²) in [7, 11) is 1.40. The van der Waals surface area contributed by atoms with Crippen LogP contribution >= 0.6 is 0 Å². The van der Waals surface area contributed by atoms with E-state index in [9.17, 15) is 20.0 Å². The molecule has 152 valence electrons. The Hall–Kier alpha value is -3.77. The molecule has 0 saturated carbocycles. The summed E-state index contributed by atoms with van der Waals surface area (Å²) in [4.78, 5) is 23.8. The van der Waals surface area contributed by atoms with Gasteiger partial charge in [-0.1, -0.05) is 6.07 Å². The zero-order chi connectivity index (χ0) is 21.4. The first kappa shape index (κ1) is 21.5. The second-order valence-corrected chi connectivity index (χ2v) is 5.92. The summed E-state index contributed by atoms with van der Waals surface area (Å²) in [6.07, 6.45) is 0. The molecule has 0 heterocycles. The van der Waals surface area contributed by atoms with E-state index >= 15 is 0 Å². The van der Waals surface area contributed by atoms with Crippen molar-refractivity contribution in [1.29, 1.82) is 5.26 Å². The molecule has 4 N–H and O–H groups in total. The highest BCUT2D eigenvalue weighted by Crippen LogP contribution is 2.29. The van der Waals surface area contributed by atoms with Crippen LogP contribution in [0.2, 0.25) is 0 Å². The summed E-state index contributed by atoms with van der Waals surface area (Å²) in [5, 5.41) is 21.7. The molecule has 0 unspecified atom stereocenters. The van der Waals surface area contributed by atoms with Crippen LogP contribution in [0.25, 0.3) is 0 Å². The van der Waals surface area contributed by atoms with Crippen molar-refractivity contribution in [1.82, 2.24) is 10.9 Å². The molecule has 9 heteroatoms. The largest absolute Gasteiger partial charge is 0.504 e. The molecule has 9 nitrogen and oxygen atoms in total. The van der Waals surface area contributed by atoms with Crippen LogP contribution in [0.5, 0.6) is 17.2 Å². The van der Waals surface area contributed by atoms with E-state index < -0.39 is 11.9 Å². The molecule has 0 aromatic heterocycles. The van der Waals surface area contributed by atoms with Crippen LogP contribution in [0, 0.1) is 11.3 Å². The minimum Gasteiger partial charge on any atom is -0.504 e. The zero-order valence-corrected chi connectivity index (χ0v) is 16.3. The molecule has 0 aliphatic heterocycles. The normalized spacial score (nSPS) is 11.1. The number of hydrazine groups is 1. The monoisotopic (exact) mass is 398 g/mol. The summed E-state index contributed by atoms with van der Waals surface area (Å²) in [5.41, 5.74) is 6.35. The Bertz CT molecular complexity index is 939. The highest BCUT2D eigenvalue weighted by molar-refractivity contribution is 5.98. The lowest BCUT2D eigenvalue weighted by Gasteiger charge is -2.16. The van der Waals surface area contributed by atoms with Gasteiger partial charge in [-0.15, -0.1) is 0 Å². The first-order chi connectivity index (χ1) is 13.9. The van der Waals surface area contributed by atoms with Crippen LogP contribution in [0.4, 0.5) is 5.69 Å². The van der Waals surface area contributed by atoms with Gasteiger partial charge in [0.25, 0.3) is 5.91 Å². The highest BCUT2D eigenvalue weighted by Gasteiger charge is 2.17. The Morgan fingerprint density at radius 3 is 2.59 bits per heavy atom. The van der Waals surface area contributed by atoms with Gasteiger partial charge in [-0.3, -0.25) is 15.0 Å². The van der Waals surface area contributed by atoms with Gasteiger partial charge < -0.3 is 19.9 Å². The number of anilines is 1. The molecule has 2 amide bonds. The summed E-state index contributed by atoms with van der Waals surface area (Å²) in [6.45, 7) is 3.48. The molecule has 2 rings (SSSR count). The number of ether oxygens (including phenoxy) is 2. The number of aromatic hydroxyl groups is 1. The number of hydrogen-bond acceptors (Lipinski definition) is 7.